The molecule has 1 aromatic heterocycles. The van der Waals surface area contributed by atoms with Gasteiger partial charge in [-0.15, -0.1) is 0 Å². The van der Waals surface area contributed by atoms with Crippen LogP contribution in [0.25, 0.3) is 0 Å². The van der Waals surface area contributed by atoms with E-state index in [1.807, 2.05) is 12.1 Å². The monoisotopic (exact) mass is 278 g/mol. The molecule has 0 aliphatic heterocycles. The molecule has 5 heteroatoms. The Morgan fingerprint density at radius 2 is 2.05 bits per heavy atom. The van der Waals surface area contributed by atoms with Crippen molar-refractivity contribution in [1.29, 1.82) is 0 Å². The van der Waals surface area contributed by atoms with E-state index < -0.39 is 0 Å². The zero-order chi connectivity index (χ0) is 14.4. The van der Waals surface area contributed by atoms with Gasteiger partial charge in [-0.2, -0.15) is 0 Å². The van der Waals surface area contributed by atoms with E-state index in [4.69, 9.17) is 16.3 Å². The summed E-state index contributed by atoms with van der Waals surface area (Å²) in [5.74, 6) is 6.37. The standard InChI is InChI=1S/C15H26N4O/c1-20-15(7-4-2-3-5-8-15)13(19-17)10-12-6-9-18-14(16)11-12/h6,9,11,13,19H,2-5,7-8,10,17H2,1H3,(H2,16,18). The van der Waals surface area contributed by atoms with Crippen molar-refractivity contribution >= 4 is 5.82 Å². The molecule has 2 rings (SSSR count). The van der Waals surface area contributed by atoms with E-state index in [0.717, 1.165) is 24.8 Å². The second-order valence-corrected chi connectivity index (χ2v) is 5.70. The summed E-state index contributed by atoms with van der Waals surface area (Å²) in [6, 6.07) is 3.98. The van der Waals surface area contributed by atoms with Gasteiger partial charge in [-0.25, -0.2) is 4.98 Å². The largest absolute Gasteiger partial charge is 0.384 e. The lowest BCUT2D eigenvalue weighted by Gasteiger charge is -2.39. The summed E-state index contributed by atoms with van der Waals surface area (Å²) >= 11 is 0. The maximum absolute atomic E-state index is 5.92. The summed E-state index contributed by atoms with van der Waals surface area (Å²) in [7, 11) is 1.80. The Kier molecular flexibility index (Phi) is 5.34. The van der Waals surface area contributed by atoms with Gasteiger partial charge in [0.1, 0.15) is 5.82 Å². The van der Waals surface area contributed by atoms with Crippen LogP contribution in [0.5, 0.6) is 0 Å². The Bertz CT molecular complexity index is 416. The Morgan fingerprint density at radius 3 is 2.60 bits per heavy atom. The van der Waals surface area contributed by atoms with Gasteiger partial charge in [-0.3, -0.25) is 11.3 Å². The number of hydrogen-bond donors (Lipinski definition) is 3. The van der Waals surface area contributed by atoms with E-state index in [0.29, 0.717) is 5.82 Å². The predicted octanol–water partition coefficient (Wildman–Crippen LogP) is 1.78. The molecule has 0 radical (unpaired) electrons. The Morgan fingerprint density at radius 1 is 1.35 bits per heavy atom. The van der Waals surface area contributed by atoms with Crippen molar-refractivity contribution in [3.8, 4) is 0 Å². The van der Waals surface area contributed by atoms with Crippen molar-refractivity contribution in [2.75, 3.05) is 12.8 Å². The van der Waals surface area contributed by atoms with Gasteiger partial charge in [0.15, 0.2) is 0 Å². The lowest BCUT2D eigenvalue weighted by atomic mass is 9.83. The molecule has 1 heterocycles. The van der Waals surface area contributed by atoms with E-state index >= 15 is 0 Å². The minimum Gasteiger partial charge on any atom is -0.384 e. The summed E-state index contributed by atoms with van der Waals surface area (Å²) in [5.41, 5.74) is 9.69. The van der Waals surface area contributed by atoms with Gasteiger partial charge < -0.3 is 10.5 Å². The van der Waals surface area contributed by atoms with Crippen LogP contribution in [-0.4, -0.2) is 23.7 Å². The molecule has 1 aliphatic carbocycles. The zero-order valence-electron chi connectivity index (χ0n) is 12.3. The molecule has 1 aromatic rings. The minimum atomic E-state index is -0.177. The number of nitrogen functional groups attached to an aromatic ring is 1. The van der Waals surface area contributed by atoms with Gasteiger partial charge in [0, 0.05) is 13.3 Å². The number of methoxy groups -OCH3 is 1. The molecule has 5 N–H and O–H groups in total. The fourth-order valence-electron chi connectivity index (χ4n) is 3.28. The topological polar surface area (TPSA) is 86.2 Å². The van der Waals surface area contributed by atoms with Crippen molar-refractivity contribution in [3.63, 3.8) is 0 Å². The Labute approximate surface area is 121 Å². The Balaban J connectivity index is 2.16. The third-order valence-electron chi connectivity index (χ3n) is 4.48. The van der Waals surface area contributed by atoms with E-state index in [-0.39, 0.29) is 11.6 Å². The molecule has 1 aliphatic rings. The van der Waals surface area contributed by atoms with Crippen molar-refractivity contribution in [2.24, 2.45) is 5.84 Å². The summed E-state index contributed by atoms with van der Waals surface area (Å²) in [6.07, 6.45) is 9.62. The highest BCUT2D eigenvalue weighted by Crippen LogP contribution is 2.34. The van der Waals surface area contributed by atoms with Crippen LogP contribution < -0.4 is 17.0 Å². The third kappa shape index (κ3) is 3.48. The molecular weight excluding hydrogens is 252 g/mol. The molecule has 0 spiro atoms. The highest BCUT2D eigenvalue weighted by molar-refractivity contribution is 5.32. The Hall–Kier alpha value is -1.17. The number of hydrazine groups is 1. The van der Waals surface area contributed by atoms with Crippen LogP contribution in [-0.2, 0) is 11.2 Å². The predicted molar refractivity (Wildman–Crippen MR) is 80.9 cm³/mol. The maximum atomic E-state index is 5.92. The average molecular weight is 278 g/mol. The van der Waals surface area contributed by atoms with Gasteiger partial charge in [-0.1, -0.05) is 25.7 Å². The molecule has 0 bridgehead atoms. The first kappa shape index (κ1) is 15.2. The second-order valence-electron chi connectivity index (χ2n) is 5.70. The fraction of sp³-hybridized carbons (Fsp3) is 0.667. The summed E-state index contributed by atoms with van der Waals surface area (Å²) in [5, 5.41) is 0. The number of nitrogens with one attached hydrogen (secondary N) is 1. The number of pyridine rings is 1. The smallest absolute Gasteiger partial charge is 0.123 e. The normalized spacial score (nSPS) is 20.3. The molecular formula is C15H26N4O. The number of nitrogens with two attached hydrogens (primary N) is 2. The first-order valence-electron chi connectivity index (χ1n) is 7.42. The highest BCUT2D eigenvalue weighted by atomic mass is 16.5. The SMILES string of the molecule is COC1(C(Cc2ccnc(N)c2)NN)CCCCCC1. The second kappa shape index (κ2) is 7.02. The van der Waals surface area contributed by atoms with Crippen LogP contribution in [0.15, 0.2) is 18.3 Å². The lowest BCUT2D eigenvalue weighted by molar-refractivity contribution is -0.0527. The number of hydrogen-bond acceptors (Lipinski definition) is 5. The van der Waals surface area contributed by atoms with Crippen LogP contribution >= 0.6 is 0 Å². The summed E-state index contributed by atoms with van der Waals surface area (Å²) in [6.45, 7) is 0. The number of ether oxygens (including phenoxy) is 1. The van der Waals surface area contributed by atoms with E-state index in [1.165, 1.54) is 25.7 Å². The average Bonchev–Trinajstić information content (AvgIpc) is 2.71. The van der Waals surface area contributed by atoms with Crippen LogP contribution in [0, 0.1) is 0 Å². The van der Waals surface area contributed by atoms with Crippen LogP contribution in [0.3, 0.4) is 0 Å². The molecule has 1 saturated carbocycles. The van der Waals surface area contributed by atoms with Crippen LogP contribution in [0.1, 0.15) is 44.1 Å². The molecule has 1 atom stereocenters. The zero-order valence-corrected chi connectivity index (χ0v) is 12.3. The summed E-state index contributed by atoms with van der Waals surface area (Å²) in [4.78, 5) is 4.03. The van der Waals surface area contributed by atoms with Crippen LogP contribution in [0.4, 0.5) is 5.82 Å². The molecule has 0 saturated heterocycles. The van der Waals surface area contributed by atoms with Gasteiger partial charge in [-0.05, 0) is 37.0 Å². The number of rotatable bonds is 5. The van der Waals surface area contributed by atoms with E-state index in [9.17, 15) is 0 Å². The minimum absolute atomic E-state index is 0.0902. The van der Waals surface area contributed by atoms with Gasteiger partial charge in [0.2, 0.25) is 0 Å². The van der Waals surface area contributed by atoms with E-state index in [2.05, 4.69) is 10.4 Å². The molecule has 0 aromatic carbocycles. The van der Waals surface area contributed by atoms with Crippen molar-refractivity contribution in [2.45, 2.75) is 56.6 Å². The van der Waals surface area contributed by atoms with Crippen molar-refractivity contribution < 1.29 is 4.74 Å². The number of aromatic nitrogens is 1. The fourth-order valence-corrected chi connectivity index (χ4v) is 3.28. The quantitative estimate of drug-likeness (QED) is 0.434. The first-order valence-corrected chi connectivity index (χ1v) is 7.42. The molecule has 5 nitrogen and oxygen atoms in total. The van der Waals surface area contributed by atoms with Crippen molar-refractivity contribution in [1.82, 2.24) is 10.4 Å². The lowest BCUT2D eigenvalue weighted by Crippen LogP contribution is -2.55. The molecule has 0 amide bonds. The van der Waals surface area contributed by atoms with E-state index in [1.54, 1.807) is 13.3 Å². The molecule has 20 heavy (non-hydrogen) atoms. The summed E-state index contributed by atoms with van der Waals surface area (Å²) < 4.78 is 5.92. The molecule has 1 unspecified atom stereocenters. The van der Waals surface area contributed by atoms with Gasteiger partial charge >= 0.3 is 0 Å². The maximum Gasteiger partial charge on any atom is 0.123 e. The van der Waals surface area contributed by atoms with Gasteiger partial charge in [0.05, 0.1) is 11.6 Å². The molecule has 1 fully saturated rings. The first-order chi connectivity index (χ1) is 9.70. The highest BCUT2D eigenvalue weighted by Gasteiger charge is 2.38. The number of anilines is 1. The van der Waals surface area contributed by atoms with Crippen LogP contribution in [0.2, 0.25) is 0 Å². The van der Waals surface area contributed by atoms with Gasteiger partial charge in [0.25, 0.3) is 0 Å². The third-order valence-corrected chi connectivity index (χ3v) is 4.48. The van der Waals surface area contributed by atoms with Crippen molar-refractivity contribution in [3.05, 3.63) is 23.9 Å². The molecule has 112 valence electrons. The number of nitrogens with zero attached hydrogens (tertiary/aromatic N) is 1.